The van der Waals surface area contributed by atoms with Crippen molar-refractivity contribution in [3.63, 3.8) is 0 Å². The molecule has 2 rings (SSSR count). The van der Waals surface area contributed by atoms with E-state index in [1.807, 2.05) is 6.92 Å². The van der Waals surface area contributed by atoms with Crippen molar-refractivity contribution < 1.29 is 9.26 Å². The molecule has 0 radical (unpaired) electrons. The summed E-state index contributed by atoms with van der Waals surface area (Å²) in [7, 11) is 0. The van der Waals surface area contributed by atoms with Crippen LogP contribution >= 0.6 is 0 Å². The monoisotopic (exact) mass is 197 g/mol. The van der Waals surface area contributed by atoms with E-state index < -0.39 is 0 Å². The van der Waals surface area contributed by atoms with Crippen LogP contribution in [0.4, 0.5) is 0 Å². The molecule has 78 valence electrons. The maximum absolute atomic E-state index is 5.65. The number of nitrogens with two attached hydrogens (primary N) is 1. The van der Waals surface area contributed by atoms with E-state index >= 15 is 0 Å². The quantitative estimate of drug-likeness (QED) is 0.748. The van der Waals surface area contributed by atoms with Crippen molar-refractivity contribution >= 4 is 0 Å². The SMILES string of the molecule is CCOCc1noc(C2(CN)CC2)n1. The van der Waals surface area contributed by atoms with Crippen LogP contribution in [0.25, 0.3) is 0 Å². The van der Waals surface area contributed by atoms with Crippen LogP contribution in [0.1, 0.15) is 31.5 Å². The van der Waals surface area contributed by atoms with Gasteiger partial charge in [0.15, 0.2) is 5.82 Å². The smallest absolute Gasteiger partial charge is 0.234 e. The topological polar surface area (TPSA) is 74.2 Å². The van der Waals surface area contributed by atoms with Crippen molar-refractivity contribution in [1.82, 2.24) is 10.1 Å². The summed E-state index contributed by atoms with van der Waals surface area (Å²) in [5, 5.41) is 3.84. The highest BCUT2D eigenvalue weighted by molar-refractivity contribution is 5.16. The summed E-state index contributed by atoms with van der Waals surface area (Å²) in [6, 6.07) is 0. The van der Waals surface area contributed by atoms with Crippen LogP contribution < -0.4 is 5.73 Å². The lowest BCUT2D eigenvalue weighted by Crippen LogP contribution is -2.20. The lowest BCUT2D eigenvalue weighted by atomic mass is 10.1. The number of ether oxygens (including phenoxy) is 1. The van der Waals surface area contributed by atoms with E-state index in [9.17, 15) is 0 Å². The maximum atomic E-state index is 5.65. The molecule has 0 amide bonds. The molecule has 14 heavy (non-hydrogen) atoms. The second kappa shape index (κ2) is 3.67. The first-order chi connectivity index (χ1) is 6.80. The molecule has 5 heteroatoms. The Hall–Kier alpha value is -0.940. The van der Waals surface area contributed by atoms with Gasteiger partial charge in [-0.3, -0.25) is 0 Å². The van der Waals surface area contributed by atoms with E-state index in [0.717, 1.165) is 12.8 Å². The van der Waals surface area contributed by atoms with Gasteiger partial charge in [-0.15, -0.1) is 0 Å². The van der Waals surface area contributed by atoms with E-state index in [4.69, 9.17) is 15.0 Å². The first-order valence-electron chi connectivity index (χ1n) is 4.91. The van der Waals surface area contributed by atoms with Crippen LogP contribution in [-0.4, -0.2) is 23.3 Å². The zero-order valence-electron chi connectivity index (χ0n) is 8.32. The van der Waals surface area contributed by atoms with Gasteiger partial charge in [0.2, 0.25) is 5.89 Å². The Labute approximate surface area is 82.6 Å². The van der Waals surface area contributed by atoms with Gasteiger partial charge in [0.05, 0.1) is 5.41 Å². The molecule has 1 aromatic rings. The number of nitrogens with zero attached hydrogens (tertiary/aromatic N) is 2. The van der Waals surface area contributed by atoms with Crippen molar-refractivity contribution in [3.05, 3.63) is 11.7 Å². The van der Waals surface area contributed by atoms with E-state index in [1.54, 1.807) is 0 Å². The zero-order valence-corrected chi connectivity index (χ0v) is 8.32. The van der Waals surface area contributed by atoms with Crippen LogP contribution in [-0.2, 0) is 16.8 Å². The molecule has 1 aromatic heterocycles. The second-order valence-electron chi connectivity index (χ2n) is 3.64. The fourth-order valence-corrected chi connectivity index (χ4v) is 1.38. The van der Waals surface area contributed by atoms with Crippen molar-refractivity contribution in [2.24, 2.45) is 5.73 Å². The molecule has 0 spiro atoms. The molecule has 0 bridgehead atoms. The third-order valence-corrected chi connectivity index (χ3v) is 2.60. The summed E-state index contributed by atoms with van der Waals surface area (Å²) < 4.78 is 10.3. The van der Waals surface area contributed by atoms with Crippen LogP contribution in [0, 0.1) is 0 Å². The molecule has 0 atom stereocenters. The van der Waals surface area contributed by atoms with Gasteiger partial charge in [-0.25, -0.2) is 0 Å². The van der Waals surface area contributed by atoms with Crippen LogP contribution in [0.5, 0.6) is 0 Å². The molecule has 1 heterocycles. The summed E-state index contributed by atoms with van der Waals surface area (Å²) in [4.78, 5) is 4.27. The average Bonchev–Trinajstić information content (AvgIpc) is 2.88. The highest BCUT2D eigenvalue weighted by Crippen LogP contribution is 2.46. The molecule has 2 N–H and O–H groups in total. The molecule has 5 nitrogen and oxygen atoms in total. The minimum Gasteiger partial charge on any atom is -0.374 e. The number of aromatic nitrogens is 2. The second-order valence-corrected chi connectivity index (χ2v) is 3.64. The van der Waals surface area contributed by atoms with Gasteiger partial charge < -0.3 is 15.0 Å². The molecular weight excluding hydrogens is 182 g/mol. The van der Waals surface area contributed by atoms with Gasteiger partial charge >= 0.3 is 0 Å². The molecule has 0 unspecified atom stereocenters. The minimum absolute atomic E-state index is 0.0164. The van der Waals surface area contributed by atoms with Crippen LogP contribution in [0.3, 0.4) is 0 Å². The Morgan fingerprint density at radius 1 is 1.57 bits per heavy atom. The average molecular weight is 197 g/mol. The molecule has 1 aliphatic rings. The Kier molecular flexibility index (Phi) is 2.52. The van der Waals surface area contributed by atoms with Crippen LogP contribution in [0.15, 0.2) is 4.52 Å². The van der Waals surface area contributed by atoms with Gasteiger partial charge in [0.25, 0.3) is 0 Å². The predicted molar refractivity (Wildman–Crippen MR) is 49.6 cm³/mol. The molecule has 0 aromatic carbocycles. The molecule has 1 aliphatic carbocycles. The third kappa shape index (κ3) is 1.65. The Morgan fingerprint density at radius 3 is 2.93 bits per heavy atom. The first-order valence-corrected chi connectivity index (χ1v) is 4.91. The van der Waals surface area contributed by atoms with E-state index in [-0.39, 0.29) is 5.41 Å². The van der Waals surface area contributed by atoms with Crippen molar-refractivity contribution in [1.29, 1.82) is 0 Å². The molecular formula is C9H15N3O2. The Bertz CT molecular complexity index is 307. The highest BCUT2D eigenvalue weighted by Gasteiger charge is 2.48. The predicted octanol–water partition coefficient (Wildman–Crippen LogP) is 0.596. The first kappa shape index (κ1) is 9.61. The zero-order chi connectivity index (χ0) is 10.0. The summed E-state index contributed by atoms with van der Waals surface area (Å²) in [5.74, 6) is 1.29. The normalized spacial score (nSPS) is 18.4. The maximum Gasteiger partial charge on any atom is 0.234 e. The number of hydrogen-bond donors (Lipinski definition) is 1. The molecule has 0 aliphatic heterocycles. The Morgan fingerprint density at radius 2 is 2.36 bits per heavy atom. The van der Waals surface area contributed by atoms with Crippen molar-refractivity contribution in [3.8, 4) is 0 Å². The van der Waals surface area contributed by atoms with Crippen LogP contribution in [0.2, 0.25) is 0 Å². The number of hydrogen-bond acceptors (Lipinski definition) is 5. The highest BCUT2D eigenvalue weighted by atomic mass is 16.5. The van der Waals surface area contributed by atoms with Gasteiger partial charge in [-0.2, -0.15) is 4.98 Å². The third-order valence-electron chi connectivity index (χ3n) is 2.60. The standard InChI is InChI=1S/C9H15N3O2/c1-2-13-5-7-11-8(14-12-7)9(6-10)3-4-9/h2-6,10H2,1H3. The summed E-state index contributed by atoms with van der Waals surface area (Å²) >= 11 is 0. The summed E-state index contributed by atoms with van der Waals surface area (Å²) in [6.07, 6.45) is 2.11. The Balaban J connectivity index is 2.03. The largest absolute Gasteiger partial charge is 0.374 e. The summed E-state index contributed by atoms with van der Waals surface area (Å²) in [6.45, 7) is 3.60. The lowest BCUT2D eigenvalue weighted by Gasteiger charge is -2.03. The fraction of sp³-hybridized carbons (Fsp3) is 0.778. The van der Waals surface area contributed by atoms with Crippen molar-refractivity contribution in [2.45, 2.75) is 31.8 Å². The minimum atomic E-state index is -0.0164. The molecule has 1 fully saturated rings. The molecule has 0 saturated heterocycles. The van der Waals surface area contributed by atoms with E-state index in [0.29, 0.717) is 31.5 Å². The van der Waals surface area contributed by atoms with E-state index in [2.05, 4.69) is 10.1 Å². The molecule has 1 saturated carbocycles. The summed E-state index contributed by atoms with van der Waals surface area (Å²) in [5.41, 5.74) is 5.63. The van der Waals surface area contributed by atoms with Gasteiger partial charge in [0, 0.05) is 13.2 Å². The lowest BCUT2D eigenvalue weighted by molar-refractivity contribution is 0.126. The van der Waals surface area contributed by atoms with E-state index in [1.165, 1.54) is 0 Å². The van der Waals surface area contributed by atoms with Crippen molar-refractivity contribution in [2.75, 3.05) is 13.2 Å². The van der Waals surface area contributed by atoms with Gasteiger partial charge in [0.1, 0.15) is 6.61 Å². The number of rotatable bonds is 5. The van der Waals surface area contributed by atoms with Gasteiger partial charge in [-0.1, -0.05) is 5.16 Å². The fourth-order valence-electron chi connectivity index (χ4n) is 1.38. The van der Waals surface area contributed by atoms with Gasteiger partial charge in [-0.05, 0) is 19.8 Å².